The van der Waals surface area contributed by atoms with Gasteiger partial charge in [-0.3, -0.25) is 0 Å². The van der Waals surface area contributed by atoms with Crippen LogP contribution in [0.15, 0.2) is 18.9 Å². The molecule has 0 atom stereocenters. The molecule has 102 valence electrons. The Hall–Kier alpha value is -1.29. The lowest BCUT2D eigenvalue weighted by Gasteiger charge is -2.08. The van der Waals surface area contributed by atoms with E-state index in [1.807, 2.05) is 13.0 Å². The molecule has 0 aliphatic heterocycles. The molecule has 1 heterocycles. The second-order valence-corrected chi connectivity index (χ2v) is 4.39. The van der Waals surface area contributed by atoms with Crippen molar-refractivity contribution in [1.29, 1.82) is 0 Å². The average Bonchev–Trinajstić information content (AvgIpc) is 2.71. The molecule has 0 amide bonds. The van der Waals surface area contributed by atoms with Crippen molar-refractivity contribution < 1.29 is 4.74 Å². The number of hydrogen-bond donors (Lipinski definition) is 1. The van der Waals surface area contributed by atoms with E-state index in [1.54, 1.807) is 0 Å². The monoisotopic (exact) mass is 251 g/mol. The molecular formula is C14H25N3O. The number of nitrogens with one attached hydrogen (secondary N) is 1. The molecule has 18 heavy (non-hydrogen) atoms. The predicted molar refractivity (Wildman–Crippen MR) is 76.0 cm³/mol. The molecule has 4 nitrogen and oxygen atoms in total. The minimum atomic E-state index is 0.740. The van der Waals surface area contributed by atoms with Crippen LogP contribution >= 0.6 is 0 Å². The van der Waals surface area contributed by atoms with Crippen molar-refractivity contribution in [2.24, 2.45) is 0 Å². The third-order valence-electron chi connectivity index (χ3n) is 2.63. The van der Waals surface area contributed by atoms with E-state index in [0.29, 0.717) is 0 Å². The predicted octanol–water partition coefficient (Wildman–Crippen LogP) is 3.00. The molecular weight excluding hydrogens is 226 g/mol. The number of ether oxygens (including phenoxy) is 1. The van der Waals surface area contributed by atoms with E-state index in [9.17, 15) is 0 Å². The van der Waals surface area contributed by atoms with Crippen molar-refractivity contribution >= 4 is 5.95 Å². The van der Waals surface area contributed by atoms with E-state index < -0.39 is 0 Å². The van der Waals surface area contributed by atoms with Crippen LogP contribution in [0.5, 0.6) is 0 Å². The van der Waals surface area contributed by atoms with E-state index in [2.05, 4.69) is 34.6 Å². The van der Waals surface area contributed by atoms with Gasteiger partial charge in [-0.1, -0.05) is 19.4 Å². The fourth-order valence-electron chi connectivity index (χ4n) is 1.71. The maximum absolute atomic E-state index is 5.55. The summed E-state index contributed by atoms with van der Waals surface area (Å²) in [7, 11) is 0. The van der Waals surface area contributed by atoms with Crippen molar-refractivity contribution in [1.82, 2.24) is 9.55 Å². The zero-order valence-electron chi connectivity index (χ0n) is 11.6. The number of anilines is 1. The molecule has 0 fully saturated rings. The van der Waals surface area contributed by atoms with Gasteiger partial charge >= 0.3 is 0 Å². The summed E-state index contributed by atoms with van der Waals surface area (Å²) in [6.07, 6.45) is 7.26. The topological polar surface area (TPSA) is 39.1 Å². The second kappa shape index (κ2) is 8.75. The summed E-state index contributed by atoms with van der Waals surface area (Å²) in [5.74, 6) is 0.918. The summed E-state index contributed by atoms with van der Waals surface area (Å²) >= 11 is 0. The third-order valence-corrected chi connectivity index (χ3v) is 2.63. The molecule has 0 saturated heterocycles. The first kappa shape index (κ1) is 14.8. The van der Waals surface area contributed by atoms with Crippen LogP contribution in [0.25, 0.3) is 0 Å². The van der Waals surface area contributed by atoms with Crippen LogP contribution in [-0.4, -0.2) is 29.3 Å². The van der Waals surface area contributed by atoms with Gasteiger partial charge in [-0.2, -0.15) is 0 Å². The Morgan fingerprint density at radius 1 is 1.44 bits per heavy atom. The van der Waals surface area contributed by atoms with Crippen LogP contribution in [0.1, 0.15) is 31.9 Å². The van der Waals surface area contributed by atoms with Crippen molar-refractivity contribution in [2.45, 2.75) is 39.7 Å². The Labute approximate surface area is 110 Å². The summed E-state index contributed by atoms with van der Waals surface area (Å²) in [6, 6.07) is 0. The summed E-state index contributed by atoms with van der Waals surface area (Å²) < 4.78 is 7.69. The normalized spacial score (nSPS) is 10.6. The summed E-state index contributed by atoms with van der Waals surface area (Å²) in [6.45, 7) is 11.2. The van der Waals surface area contributed by atoms with E-state index in [-0.39, 0.29) is 0 Å². The van der Waals surface area contributed by atoms with Gasteiger partial charge in [0.2, 0.25) is 5.95 Å². The van der Waals surface area contributed by atoms with Gasteiger partial charge in [0, 0.05) is 32.5 Å². The summed E-state index contributed by atoms with van der Waals surface area (Å²) in [5, 5.41) is 3.24. The Morgan fingerprint density at radius 3 is 2.94 bits per heavy atom. The Morgan fingerprint density at radius 2 is 2.22 bits per heavy atom. The molecule has 0 aromatic carbocycles. The van der Waals surface area contributed by atoms with Gasteiger partial charge in [0.1, 0.15) is 0 Å². The lowest BCUT2D eigenvalue weighted by atomic mass is 10.3. The van der Waals surface area contributed by atoms with Crippen molar-refractivity contribution in [3.8, 4) is 0 Å². The van der Waals surface area contributed by atoms with Gasteiger partial charge in [-0.25, -0.2) is 4.98 Å². The first-order chi connectivity index (χ1) is 8.77. The van der Waals surface area contributed by atoms with Gasteiger partial charge in [0.15, 0.2) is 0 Å². The molecule has 1 rings (SSSR count). The summed E-state index contributed by atoms with van der Waals surface area (Å²) in [4.78, 5) is 4.44. The molecule has 0 spiro atoms. The second-order valence-electron chi connectivity index (χ2n) is 4.39. The Balaban J connectivity index is 2.29. The number of aromatic nitrogens is 2. The maximum Gasteiger partial charge on any atom is 0.203 e. The number of rotatable bonds is 10. The maximum atomic E-state index is 5.55. The molecule has 0 aliphatic carbocycles. The molecule has 0 radical (unpaired) electrons. The first-order valence-corrected chi connectivity index (χ1v) is 6.74. The van der Waals surface area contributed by atoms with Gasteiger partial charge in [0.05, 0.1) is 5.69 Å². The fraction of sp³-hybridized carbons (Fsp3) is 0.643. The molecule has 1 aromatic heterocycles. The Kier molecular flexibility index (Phi) is 7.18. The zero-order valence-corrected chi connectivity index (χ0v) is 11.6. The van der Waals surface area contributed by atoms with Crippen LogP contribution in [0.4, 0.5) is 5.95 Å². The largest absolute Gasteiger partial charge is 0.381 e. The van der Waals surface area contributed by atoms with Crippen LogP contribution in [0.3, 0.4) is 0 Å². The fourth-order valence-corrected chi connectivity index (χ4v) is 1.71. The van der Waals surface area contributed by atoms with Crippen molar-refractivity contribution in [3.05, 3.63) is 24.5 Å². The number of unbranched alkanes of at least 4 members (excludes halogenated alkanes) is 1. The third kappa shape index (κ3) is 5.36. The highest BCUT2D eigenvalue weighted by Gasteiger charge is 2.03. The minimum absolute atomic E-state index is 0.740. The molecule has 0 aliphatic rings. The SMILES string of the molecule is C=CCNc1nc(C)cn1CCCOCCCC. The van der Waals surface area contributed by atoms with E-state index in [0.717, 1.165) is 50.8 Å². The first-order valence-electron chi connectivity index (χ1n) is 6.74. The molecule has 4 heteroatoms. The van der Waals surface area contributed by atoms with Crippen LogP contribution in [-0.2, 0) is 11.3 Å². The number of imidazole rings is 1. The van der Waals surface area contributed by atoms with Gasteiger partial charge in [0.25, 0.3) is 0 Å². The number of hydrogen-bond acceptors (Lipinski definition) is 3. The van der Waals surface area contributed by atoms with E-state index in [1.165, 1.54) is 6.42 Å². The van der Waals surface area contributed by atoms with Crippen molar-refractivity contribution in [2.75, 3.05) is 25.1 Å². The molecule has 1 aromatic rings. The summed E-state index contributed by atoms with van der Waals surface area (Å²) in [5.41, 5.74) is 1.04. The van der Waals surface area contributed by atoms with Crippen LogP contribution in [0.2, 0.25) is 0 Å². The highest BCUT2D eigenvalue weighted by molar-refractivity contribution is 5.29. The number of aryl methyl sites for hydroxylation is 2. The molecule has 0 bridgehead atoms. The molecule has 1 N–H and O–H groups in total. The van der Waals surface area contributed by atoms with Crippen molar-refractivity contribution in [3.63, 3.8) is 0 Å². The number of nitrogens with zero attached hydrogens (tertiary/aromatic N) is 2. The van der Waals surface area contributed by atoms with E-state index in [4.69, 9.17) is 4.74 Å². The molecule has 0 unspecified atom stereocenters. The highest BCUT2D eigenvalue weighted by atomic mass is 16.5. The Bertz CT molecular complexity index is 347. The molecule has 0 saturated carbocycles. The van der Waals surface area contributed by atoms with Gasteiger partial charge in [-0.15, -0.1) is 6.58 Å². The van der Waals surface area contributed by atoms with Gasteiger partial charge in [-0.05, 0) is 19.8 Å². The smallest absolute Gasteiger partial charge is 0.203 e. The van der Waals surface area contributed by atoms with Gasteiger partial charge < -0.3 is 14.6 Å². The zero-order chi connectivity index (χ0) is 13.2. The average molecular weight is 251 g/mol. The van der Waals surface area contributed by atoms with E-state index >= 15 is 0 Å². The lowest BCUT2D eigenvalue weighted by Crippen LogP contribution is -2.09. The van der Waals surface area contributed by atoms with Crippen LogP contribution < -0.4 is 5.32 Å². The minimum Gasteiger partial charge on any atom is -0.381 e. The van der Waals surface area contributed by atoms with Crippen LogP contribution in [0, 0.1) is 6.92 Å². The highest BCUT2D eigenvalue weighted by Crippen LogP contribution is 2.09. The lowest BCUT2D eigenvalue weighted by molar-refractivity contribution is 0.126. The quantitative estimate of drug-likeness (QED) is 0.513. The standard InChI is InChI=1S/C14H25N3O/c1-4-6-10-18-11-7-9-17-12-13(3)16-14(17)15-8-5-2/h5,12H,2,4,6-11H2,1,3H3,(H,15,16).